The van der Waals surface area contributed by atoms with E-state index in [0.29, 0.717) is 0 Å². The number of rotatable bonds is 11. The molecule has 0 spiro atoms. The minimum Gasteiger partial charge on any atom is -0.134 e. The Morgan fingerprint density at radius 2 is 1.13 bits per heavy atom. The van der Waals surface area contributed by atoms with Crippen LogP contribution in [0.25, 0.3) is 0 Å². The maximum Gasteiger partial charge on any atom is -0.0264 e. The van der Waals surface area contributed by atoms with Crippen LogP contribution in [0, 0.1) is 0 Å². The summed E-state index contributed by atoms with van der Waals surface area (Å²) in [6.45, 7) is 4.57. The Bertz CT molecular complexity index is 112. The molecule has 0 fully saturated rings. The van der Waals surface area contributed by atoms with Gasteiger partial charge in [-0.05, 0) is 18.5 Å². The standard InChI is InChI=1S/C14H31P/c1-3-5-7-8-9-10-11-13-14(15)12-6-4-2/h14H,3-13,15H2,1-2H3. The van der Waals surface area contributed by atoms with E-state index < -0.39 is 0 Å². The monoisotopic (exact) mass is 230 g/mol. The first-order valence-electron chi connectivity index (χ1n) is 7.06. The van der Waals surface area contributed by atoms with Crippen molar-refractivity contribution in [3.8, 4) is 0 Å². The fourth-order valence-electron chi connectivity index (χ4n) is 1.97. The molecule has 15 heavy (non-hydrogen) atoms. The first kappa shape index (κ1) is 15.4. The van der Waals surface area contributed by atoms with Crippen LogP contribution in [0.15, 0.2) is 0 Å². The maximum absolute atomic E-state index is 3.02. The van der Waals surface area contributed by atoms with Crippen LogP contribution in [-0.4, -0.2) is 5.66 Å². The van der Waals surface area contributed by atoms with E-state index in [4.69, 9.17) is 0 Å². The van der Waals surface area contributed by atoms with Crippen molar-refractivity contribution in [1.29, 1.82) is 0 Å². The van der Waals surface area contributed by atoms with Gasteiger partial charge in [-0.25, -0.2) is 0 Å². The van der Waals surface area contributed by atoms with E-state index in [0.717, 1.165) is 5.66 Å². The van der Waals surface area contributed by atoms with Gasteiger partial charge in [0, 0.05) is 0 Å². The fourth-order valence-corrected chi connectivity index (χ4v) is 2.45. The lowest BCUT2D eigenvalue weighted by molar-refractivity contribution is 0.554. The second kappa shape index (κ2) is 12.5. The Labute approximate surface area is 99.8 Å². The second-order valence-corrected chi connectivity index (χ2v) is 5.76. The summed E-state index contributed by atoms with van der Waals surface area (Å²) in [4.78, 5) is 0. The van der Waals surface area contributed by atoms with E-state index >= 15 is 0 Å². The van der Waals surface area contributed by atoms with Crippen molar-refractivity contribution in [3.05, 3.63) is 0 Å². The van der Waals surface area contributed by atoms with Crippen LogP contribution in [0.1, 0.15) is 84.5 Å². The molecule has 0 aliphatic carbocycles. The summed E-state index contributed by atoms with van der Waals surface area (Å²) in [6, 6.07) is 0. The van der Waals surface area contributed by atoms with Gasteiger partial charge in [0.05, 0.1) is 0 Å². The van der Waals surface area contributed by atoms with Crippen molar-refractivity contribution >= 4 is 9.24 Å². The third-order valence-corrected chi connectivity index (χ3v) is 3.77. The van der Waals surface area contributed by atoms with Gasteiger partial charge in [0.2, 0.25) is 0 Å². The lowest BCUT2D eigenvalue weighted by Crippen LogP contribution is -1.97. The molecular weight excluding hydrogens is 199 g/mol. The van der Waals surface area contributed by atoms with Gasteiger partial charge in [-0.3, -0.25) is 0 Å². The second-order valence-electron chi connectivity index (χ2n) is 4.81. The maximum atomic E-state index is 3.02. The molecule has 0 bridgehead atoms. The Balaban J connectivity index is 3.02. The molecule has 0 aliphatic heterocycles. The zero-order valence-electron chi connectivity index (χ0n) is 10.9. The normalized spacial score (nSPS) is 13.0. The molecule has 0 saturated heterocycles. The van der Waals surface area contributed by atoms with E-state index in [9.17, 15) is 0 Å². The molecular formula is C14H31P. The van der Waals surface area contributed by atoms with Gasteiger partial charge >= 0.3 is 0 Å². The van der Waals surface area contributed by atoms with E-state index in [2.05, 4.69) is 23.1 Å². The van der Waals surface area contributed by atoms with Gasteiger partial charge in [-0.15, -0.1) is 9.24 Å². The molecule has 0 heterocycles. The fraction of sp³-hybridized carbons (Fsp3) is 1.00. The van der Waals surface area contributed by atoms with Crippen LogP contribution >= 0.6 is 9.24 Å². The Morgan fingerprint density at radius 1 is 0.667 bits per heavy atom. The topological polar surface area (TPSA) is 0 Å². The lowest BCUT2D eigenvalue weighted by Gasteiger charge is -2.09. The molecule has 0 N–H and O–H groups in total. The van der Waals surface area contributed by atoms with Crippen LogP contribution < -0.4 is 0 Å². The van der Waals surface area contributed by atoms with Gasteiger partial charge in [-0.1, -0.05) is 71.6 Å². The predicted molar refractivity (Wildman–Crippen MR) is 75.6 cm³/mol. The highest BCUT2D eigenvalue weighted by molar-refractivity contribution is 7.17. The zero-order chi connectivity index (χ0) is 11.4. The first-order chi connectivity index (χ1) is 7.31. The SMILES string of the molecule is CCCCCCCCCC(P)CCCC. The molecule has 0 aliphatic rings. The summed E-state index contributed by atoms with van der Waals surface area (Å²) in [5.41, 5.74) is 0.889. The molecule has 0 rings (SSSR count). The summed E-state index contributed by atoms with van der Waals surface area (Å²) < 4.78 is 0. The largest absolute Gasteiger partial charge is 0.134 e. The molecule has 2 unspecified atom stereocenters. The third kappa shape index (κ3) is 12.4. The van der Waals surface area contributed by atoms with Crippen molar-refractivity contribution in [2.75, 3.05) is 0 Å². The Kier molecular flexibility index (Phi) is 12.9. The summed E-state index contributed by atoms with van der Waals surface area (Å²) in [6.07, 6.45) is 15.7. The molecule has 0 aromatic rings. The smallest absolute Gasteiger partial charge is 0.0264 e. The van der Waals surface area contributed by atoms with Crippen LogP contribution in [0.3, 0.4) is 0 Å². The van der Waals surface area contributed by atoms with Gasteiger partial charge in [0.25, 0.3) is 0 Å². The molecule has 2 atom stereocenters. The Morgan fingerprint density at radius 3 is 1.73 bits per heavy atom. The molecule has 1 heteroatoms. The molecule has 0 aromatic carbocycles. The highest BCUT2D eigenvalue weighted by Crippen LogP contribution is 2.18. The molecule has 0 nitrogen and oxygen atoms in total. The van der Waals surface area contributed by atoms with Crippen LogP contribution in [0.2, 0.25) is 0 Å². The van der Waals surface area contributed by atoms with Crippen molar-refractivity contribution in [1.82, 2.24) is 0 Å². The minimum absolute atomic E-state index is 0.889. The molecule has 0 radical (unpaired) electrons. The number of hydrogen-bond acceptors (Lipinski definition) is 0. The van der Waals surface area contributed by atoms with E-state index in [1.54, 1.807) is 0 Å². The predicted octanol–water partition coefficient (Wildman–Crippen LogP) is 5.56. The van der Waals surface area contributed by atoms with Crippen LogP contribution in [-0.2, 0) is 0 Å². The summed E-state index contributed by atoms with van der Waals surface area (Å²) >= 11 is 0. The number of hydrogen-bond donors (Lipinski definition) is 0. The minimum atomic E-state index is 0.889. The van der Waals surface area contributed by atoms with Crippen molar-refractivity contribution in [2.24, 2.45) is 0 Å². The third-order valence-electron chi connectivity index (χ3n) is 3.11. The Hall–Kier alpha value is 0.430. The van der Waals surface area contributed by atoms with E-state index in [-0.39, 0.29) is 0 Å². The van der Waals surface area contributed by atoms with Gasteiger partial charge in [-0.2, -0.15) is 0 Å². The number of unbranched alkanes of at least 4 members (excludes halogenated alkanes) is 7. The van der Waals surface area contributed by atoms with Gasteiger partial charge in [0.15, 0.2) is 0 Å². The highest BCUT2D eigenvalue weighted by Gasteiger charge is 2.00. The van der Waals surface area contributed by atoms with Crippen LogP contribution in [0.5, 0.6) is 0 Å². The van der Waals surface area contributed by atoms with Crippen LogP contribution in [0.4, 0.5) is 0 Å². The van der Waals surface area contributed by atoms with Gasteiger partial charge in [0.1, 0.15) is 0 Å². The zero-order valence-corrected chi connectivity index (χ0v) is 12.1. The van der Waals surface area contributed by atoms with E-state index in [1.165, 1.54) is 70.6 Å². The molecule has 0 aromatic heterocycles. The van der Waals surface area contributed by atoms with Gasteiger partial charge < -0.3 is 0 Å². The van der Waals surface area contributed by atoms with Crippen molar-refractivity contribution < 1.29 is 0 Å². The average Bonchev–Trinajstić information content (AvgIpc) is 2.25. The average molecular weight is 230 g/mol. The lowest BCUT2D eigenvalue weighted by atomic mass is 10.1. The summed E-state index contributed by atoms with van der Waals surface area (Å²) in [5, 5.41) is 0. The van der Waals surface area contributed by atoms with Crippen molar-refractivity contribution in [3.63, 3.8) is 0 Å². The van der Waals surface area contributed by atoms with E-state index in [1.807, 2.05) is 0 Å². The molecule has 92 valence electrons. The molecule has 0 saturated carbocycles. The first-order valence-corrected chi connectivity index (χ1v) is 7.73. The summed E-state index contributed by atoms with van der Waals surface area (Å²) in [7, 11) is 3.02. The summed E-state index contributed by atoms with van der Waals surface area (Å²) in [5.74, 6) is 0. The molecule has 0 amide bonds. The van der Waals surface area contributed by atoms with Crippen molar-refractivity contribution in [2.45, 2.75) is 90.1 Å². The quantitative estimate of drug-likeness (QED) is 0.322. The highest BCUT2D eigenvalue weighted by atomic mass is 31.0.